The van der Waals surface area contributed by atoms with Crippen LogP contribution in [0.3, 0.4) is 0 Å². The van der Waals surface area contributed by atoms with E-state index in [9.17, 15) is 4.79 Å². The van der Waals surface area contributed by atoms with Gasteiger partial charge in [0.15, 0.2) is 0 Å². The van der Waals surface area contributed by atoms with Crippen LogP contribution in [0, 0.1) is 0 Å². The van der Waals surface area contributed by atoms with Crippen molar-refractivity contribution in [2.45, 2.75) is 31.3 Å². The van der Waals surface area contributed by atoms with Gasteiger partial charge >= 0.3 is 0 Å². The number of likely N-dealkylation sites (tertiary alicyclic amines) is 1. The minimum atomic E-state index is -0.285. The number of fused-ring (bicyclic) bond motifs is 2. The van der Waals surface area contributed by atoms with E-state index in [1.165, 1.54) is 11.1 Å². The number of amides is 1. The second-order valence-electron chi connectivity index (χ2n) is 7.96. The molecular weight excluding hydrogens is 380 g/mol. The number of methoxy groups -OCH3 is 1. The molecular formula is C24H30N2O4. The van der Waals surface area contributed by atoms with Gasteiger partial charge in [0.05, 0.1) is 25.7 Å². The number of hydrogen-bond acceptors (Lipinski definition) is 5. The maximum atomic E-state index is 12.9. The molecule has 0 radical (unpaired) electrons. The molecule has 6 heteroatoms. The summed E-state index contributed by atoms with van der Waals surface area (Å²) in [6, 6.07) is 14.0. The van der Waals surface area contributed by atoms with Gasteiger partial charge in [-0.3, -0.25) is 4.79 Å². The zero-order valence-corrected chi connectivity index (χ0v) is 17.6. The fourth-order valence-corrected chi connectivity index (χ4v) is 4.52. The molecule has 1 amide bonds. The van der Waals surface area contributed by atoms with Crippen molar-refractivity contribution in [3.63, 3.8) is 0 Å². The van der Waals surface area contributed by atoms with Crippen LogP contribution in [0.5, 0.6) is 11.5 Å². The minimum Gasteiger partial charge on any atom is -0.497 e. The molecule has 0 aromatic heterocycles. The Morgan fingerprint density at radius 3 is 2.77 bits per heavy atom. The number of ether oxygens (including phenoxy) is 3. The van der Waals surface area contributed by atoms with E-state index in [2.05, 4.69) is 12.1 Å². The van der Waals surface area contributed by atoms with Crippen molar-refractivity contribution in [3.8, 4) is 11.5 Å². The maximum absolute atomic E-state index is 12.9. The normalized spacial score (nSPS) is 17.5. The quantitative estimate of drug-likeness (QED) is 0.793. The van der Waals surface area contributed by atoms with Gasteiger partial charge in [-0.25, -0.2) is 0 Å². The number of rotatable bonds is 6. The molecule has 2 aliphatic rings. The lowest BCUT2D eigenvalue weighted by Crippen LogP contribution is -2.48. The van der Waals surface area contributed by atoms with Crippen molar-refractivity contribution in [2.24, 2.45) is 5.73 Å². The van der Waals surface area contributed by atoms with E-state index in [4.69, 9.17) is 19.9 Å². The molecule has 0 unspecified atom stereocenters. The predicted octanol–water partition coefficient (Wildman–Crippen LogP) is 2.67. The molecule has 1 saturated heterocycles. The third-order valence-electron chi connectivity index (χ3n) is 6.12. The molecule has 0 bridgehead atoms. The lowest BCUT2D eigenvalue weighted by atomic mass is 9.79. The zero-order chi connectivity index (χ0) is 21.0. The van der Waals surface area contributed by atoms with Crippen LogP contribution in [0.2, 0.25) is 0 Å². The van der Waals surface area contributed by atoms with Gasteiger partial charge in [0.1, 0.15) is 18.1 Å². The summed E-state index contributed by atoms with van der Waals surface area (Å²) in [6.07, 6.45) is 2.91. The molecule has 1 spiro atoms. The first kappa shape index (κ1) is 20.7. The van der Waals surface area contributed by atoms with Crippen molar-refractivity contribution in [1.29, 1.82) is 0 Å². The van der Waals surface area contributed by atoms with E-state index < -0.39 is 0 Å². The van der Waals surface area contributed by atoms with E-state index in [1.54, 1.807) is 7.11 Å². The average molecular weight is 411 g/mol. The van der Waals surface area contributed by atoms with Crippen molar-refractivity contribution >= 4 is 5.91 Å². The molecule has 2 aromatic rings. The van der Waals surface area contributed by atoms with Gasteiger partial charge in [0, 0.05) is 19.6 Å². The Morgan fingerprint density at radius 1 is 1.17 bits per heavy atom. The van der Waals surface area contributed by atoms with Gasteiger partial charge < -0.3 is 24.8 Å². The number of carbonyl (C=O) groups excluding carboxylic acids is 1. The smallest absolute Gasteiger partial charge is 0.226 e. The molecule has 0 atom stereocenters. The third kappa shape index (κ3) is 4.30. The van der Waals surface area contributed by atoms with E-state index in [0.717, 1.165) is 36.3 Å². The topological polar surface area (TPSA) is 74.0 Å². The monoisotopic (exact) mass is 410 g/mol. The first-order valence-electron chi connectivity index (χ1n) is 10.6. The van der Waals surface area contributed by atoms with E-state index >= 15 is 0 Å². The fraction of sp³-hybridized carbons (Fsp3) is 0.458. The van der Waals surface area contributed by atoms with Crippen molar-refractivity contribution in [1.82, 2.24) is 4.90 Å². The number of nitrogens with zero attached hydrogens (tertiary/aromatic N) is 1. The Bertz CT molecular complexity index is 891. The Morgan fingerprint density at radius 2 is 2.00 bits per heavy atom. The summed E-state index contributed by atoms with van der Waals surface area (Å²) >= 11 is 0. The highest BCUT2D eigenvalue weighted by molar-refractivity contribution is 5.79. The van der Waals surface area contributed by atoms with Crippen LogP contribution in [0.4, 0.5) is 0 Å². The van der Waals surface area contributed by atoms with Crippen molar-refractivity contribution in [2.75, 3.05) is 40.0 Å². The van der Waals surface area contributed by atoms with Crippen LogP contribution in [0.25, 0.3) is 0 Å². The highest BCUT2D eigenvalue weighted by Gasteiger charge is 2.41. The SMILES string of the molecule is COc1ccc2c(c1)CCOC21CCN(C(=O)Cc2cccc(OCCN)c2)CC1. The molecule has 2 N–H and O–H groups in total. The first-order chi connectivity index (χ1) is 14.6. The standard InChI is InChI=1S/C24H30N2O4/c1-28-20-5-6-22-19(17-20)7-13-30-24(22)8-11-26(12-9-24)23(27)16-18-3-2-4-21(15-18)29-14-10-25/h2-6,15,17H,7-14,16,25H2,1H3. The predicted molar refractivity (Wildman–Crippen MR) is 115 cm³/mol. The van der Waals surface area contributed by atoms with E-state index in [-0.39, 0.29) is 11.5 Å². The summed E-state index contributed by atoms with van der Waals surface area (Å²) < 4.78 is 17.3. The van der Waals surface area contributed by atoms with E-state index in [1.807, 2.05) is 35.2 Å². The Labute approximate surface area is 177 Å². The highest BCUT2D eigenvalue weighted by Crippen LogP contribution is 2.42. The minimum absolute atomic E-state index is 0.145. The van der Waals surface area contributed by atoms with Gasteiger partial charge in [-0.2, -0.15) is 0 Å². The number of carbonyl (C=O) groups is 1. The Kier molecular flexibility index (Phi) is 6.25. The van der Waals surface area contributed by atoms with Gasteiger partial charge in [0.25, 0.3) is 0 Å². The molecule has 2 heterocycles. The molecule has 2 aromatic carbocycles. The number of piperidine rings is 1. The van der Waals surface area contributed by atoms with Crippen LogP contribution >= 0.6 is 0 Å². The molecule has 0 saturated carbocycles. The van der Waals surface area contributed by atoms with Gasteiger partial charge in [-0.1, -0.05) is 18.2 Å². The summed E-state index contributed by atoms with van der Waals surface area (Å²) in [5.74, 6) is 1.79. The maximum Gasteiger partial charge on any atom is 0.226 e. The Hall–Kier alpha value is -2.57. The summed E-state index contributed by atoms with van der Waals surface area (Å²) in [4.78, 5) is 14.9. The van der Waals surface area contributed by atoms with Gasteiger partial charge in [-0.15, -0.1) is 0 Å². The highest BCUT2D eigenvalue weighted by atomic mass is 16.5. The molecule has 1 fully saturated rings. The van der Waals surface area contributed by atoms with Crippen LogP contribution in [-0.4, -0.2) is 50.8 Å². The molecule has 30 heavy (non-hydrogen) atoms. The zero-order valence-electron chi connectivity index (χ0n) is 17.6. The third-order valence-corrected chi connectivity index (χ3v) is 6.12. The van der Waals surface area contributed by atoms with Crippen LogP contribution in [0.15, 0.2) is 42.5 Å². The molecule has 0 aliphatic carbocycles. The summed E-state index contributed by atoms with van der Waals surface area (Å²) in [5.41, 5.74) is 8.72. The second kappa shape index (κ2) is 9.06. The number of benzene rings is 2. The molecule has 2 aliphatic heterocycles. The van der Waals surface area contributed by atoms with Gasteiger partial charge in [-0.05, 0) is 60.2 Å². The summed E-state index contributed by atoms with van der Waals surface area (Å²) in [6.45, 7) is 3.06. The van der Waals surface area contributed by atoms with E-state index in [0.29, 0.717) is 39.3 Å². The largest absolute Gasteiger partial charge is 0.497 e. The molecule has 4 rings (SSSR count). The first-order valence-corrected chi connectivity index (χ1v) is 10.6. The van der Waals surface area contributed by atoms with Crippen LogP contribution in [-0.2, 0) is 28.0 Å². The number of hydrogen-bond donors (Lipinski definition) is 1. The fourth-order valence-electron chi connectivity index (χ4n) is 4.52. The van der Waals surface area contributed by atoms with Crippen LogP contribution < -0.4 is 15.2 Å². The summed E-state index contributed by atoms with van der Waals surface area (Å²) in [7, 11) is 1.70. The van der Waals surface area contributed by atoms with Crippen LogP contribution in [0.1, 0.15) is 29.5 Å². The molecule has 6 nitrogen and oxygen atoms in total. The van der Waals surface area contributed by atoms with Gasteiger partial charge in [0.2, 0.25) is 5.91 Å². The second-order valence-corrected chi connectivity index (χ2v) is 7.96. The molecule has 160 valence electrons. The number of nitrogens with two attached hydrogens (primary N) is 1. The van der Waals surface area contributed by atoms with Crippen molar-refractivity contribution < 1.29 is 19.0 Å². The average Bonchev–Trinajstić information content (AvgIpc) is 2.78. The Balaban J connectivity index is 1.40. The lowest BCUT2D eigenvalue weighted by molar-refractivity contribution is -0.140. The summed E-state index contributed by atoms with van der Waals surface area (Å²) in [5, 5.41) is 0. The van der Waals surface area contributed by atoms with Crippen molar-refractivity contribution in [3.05, 3.63) is 59.2 Å². The lowest BCUT2D eigenvalue weighted by Gasteiger charge is -2.45.